The van der Waals surface area contributed by atoms with Crippen molar-refractivity contribution in [3.8, 4) is 0 Å². The van der Waals surface area contributed by atoms with Crippen molar-refractivity contribution in [2.75, 3.05) is 19.6 Å². The van der Waals surface area contributed by atoms with Gasteiger partial charge in [-0.2, -0.15) is 13.2 Å². The van der Waals surface area contributed by atoms with Crippen molar-refractivity contribution >= 4 is 0 Å². The monoisotopic (exact) mass is 288 g/mol. The van der Waals surface area contributed by atoms with Gasteiger partial charge in [0, 0.05) is 12.6 Å². The van der Waals surface area contributed by atoms with E-state index in [-0.39, 0.29) is 0 Å². The third kappa shape index (κ3) is 3.71. The molecule has 1 aliphatic rings. The maximum atomic E-state index is 12.5. The summed E-state index contributed by atoms with van der Waals surface area (Å²) in [6.45, 7) is 2.49. The smallest absolute Gasteiger partial charge is 0.387 e. The van der Waals surface area contributed by atoms with Gasteiger partial charge in [-0.1, -0.05) is 12.1 Å². The molecule has 20 heavy (non-hydrogen) atoms. The average Bonchev–Trinajstić information content (AvgIpc) is 2.90. The summed E-state index contributed by atoms with van der Waals surface area (Å²) in [5, 5.41) is 10.1. The Balaban J connectivity index is 1.99. The predicted molar refractivity (Wildman–Crippen MR) is 70.1 cm³/mol. The van der Waals surface area contributed by atoms with E-state index in [1.165, 1.54) is 12.1 Å². The molecule has 0 aromatic heterocycles. The highest BCUT2D eigenvalue weighted by Crippen LogP contribution is 2.30. The summed E-state index contributed by atoms with van der Waals surface area (Å²) in [6, 6.07) is 4.03. The van der Waals surface area contributed by atoms with Crippen LogP contribution in [-0.2, 0) is 6.18 Å². The number of aliphatic hydroxyl groups excluding tert-OH is 1. The molecule has 0 spiro atoms. The van der Waals surface area contributed by atoms with Crippen LogP contribution in [0, 0.1) is 0 Å². The maximum absolute atomic E-state index is 12.5. The molecule has 3 nitrogen and oxygen atoms in total. The van der Waals surface area contributed by atoms with Crippen LogP contribution in [0.1, 0.15) is 30.1 Å². The molecule has 2 rings (SSSR count). The fourth-order valence-electron chi connectivity index (χ4n) is 2.48. The molecule has 1 heterocycles. The van der Waals surface area contributed by atoms with Crippen molar-refractivity contribution in [2.45, 2.75) is 31.2 Å². The molecule has 1 fully saturated rings. The van der Waals surface area contributed by atoms with Gasteiger partial charge < -0.3 is 15.7 Å². The van der Waals surface area contributed by atoms with Crippen molar-refractivity contribution < 1.29 is 18.3 Å². The summed E-state index contributed by atoms with van der Waals surface area (Å²) in [7, 11) is 0. The number of nitrogens with two attached hydrogens (primary N) is 1. The molecule has 0 radical (unpaired) electrons. The van der Waals surface area contributed by atoms with Gasteiger partial charge in [0.2, 0.25) is 0 Å². The first-order chi connectivity index (χ1) is 9.38. The second-order valence-electron chi connectivity index (χ2n) is 5.24. The summed E-state index contributed by atoms with van der Waals surface area (Å²) in [4.78, 5) is 2.16. The zero-order valence-corrected chi connectivity index (χ0v) is 11.1. The van der Waals surface area contributed by atoms with E-state index in [1.54, 1.807) is 0 Å². The highest BCUT2D eigenvalue weighted by molar-refractivity contribution is 5.26. The first kappa shape index (κ1) is 15.3. The second-order valence-corrected chi connectivity index (χ2v) is 5.24. The molecule has 0 unspecified atom stereocenters. The van der Waals surface area contributed by atoms with E-state index < -0.39 is 23.9 Å². The number of alkyl halides is 3. The Hall–Kier alpha value is -1.11. The predicted octanol–water partition coefficient (Wildman–Crippen LogP) is 2.16. The van der Waals surface area contributed by atoms with Crippen molar-refractivity contribution in [2.24, 2.45) is 5.73 Å². The molecule has 0 aliphatic carbocycles. The van der Waals surface area contributed by atoms with Crippen molar-refractivity contribution in [3.05, 3.63) is 35.4 Å². The van der Waals surface area contributed by atoms with Gasteiger partial charge in [-0.05, 0) is 43.6 Å². The highest BCUT2D eigenvalue weighted by atomic mass is 19.4. The van der Waals surface area contributed by atoms with Crippen LogP contribution in [-0.4, -0.2) is 35.7 Å². The standard InChI is InChI=1S/C14H19F3N2O/c15-14(16,17)11-5-3-10(4-6-11)13(20)12(18)9-19-7-1-2-8-19/h3-6,12-13,20H,1-2,7-9,18H2/t12-,13-/m1/s1. The topological polar surface area (TPSA) is 49.5 Å². The Morgan fingerprint density at radius 3 is 2.20 bits per heavy atom. The minimum absolute atomic E-state index is 0.421. The lowest BCUT2D eigenvalue weighted by Crippen LogP contribution is -2.40. The zero-order chi connectivity index (χ0) is 14.8. The molecular weight excluding hydrogens is 269 g/mol. The summed E-state index contributed by atoms with van der Waals surface area (Å²) in [5.74, 6) is 0. The Labute approximate surface area is 116 Å². The highest BCUT2D eigenvalue weighted by Gasteiger charge is 2.30. The van der Waals surface area contributed by atoms with Gasteiger partial charge in [0.15, 0.2) is 0 Å². The van der Waals surface area contributed by atoms with E-state index in [4.69, 9.17) is 5.73 Å². The Kier molecular flexibility index (Phi) is 4.67. The molecule has 1 aromatic rings. The van der Waals surface area contributed by atoms with Gasteiger partial charge in [0.25, 0.3) is 0 Å². The minimum atomic E-state index is -4.36. The van der Waals surface area contributed by atoms with Crippen LogP contribution >= 0.6 is 0 Å². The average molecular weight is 288 g/mol. The molecule has 1 saturated heterocycles. The third-order valence-corrected chi connectivity index (χ3v) is 3.65. The quantitative estimate of drug-likeness (QED) is 0.892. The lowest BCUT2D eigenvalue weighted by molar-refractivity contribution is -0.137. The number of rotatable bonds is 4. The maximum Gasteiger partial charge on any atom is 0.416 e. The molecule has 0 bridgehead atoms. The number of benzene rings is 1. The van der Waals surface area contributed by atoms with E-state index in [2.05, 4.69) is 4.90 Å². The molecule has 0 amide bonds. The fraction of sp³-hybridized carbons (Fsp3) is 0.571. The number of hydrogen-bond acceptors (Lipinski definition) is 3. The lowest BCUT2D eigenvalue weighted by Gasteiger charge is -2.24. The van der Waals surface area contributed by atoms with Crippen LogP contribution in [0.15, 0.2) is 24.3 Å². The summed E-state index contributed by atoms with van der Waals surface area (Å²) < 4.78 is 37.4. The number of likely N-dealkylation sites (tertiary alicyclic amines) is 1. The first-order valence-corrected chi connectivity index (χ1v) is 6.71. The Morgan fingerprint density at radius 1 is 1.15 bits per heavy atom. The Bertz CT molecular complexity index is 427. The van der Waals surface area contributed by atoms with Crippen LogP contribution in [0.3, 0.4) is 0 Å². The molecule has 6 heteroatoms. The second kappa shape index (κ2) is 6.11. The molecular formula is C14H19F3N2O. The van der Waals surface area contributed by atoms with Crippen LogP contribution in [0.5, 0.6) is 0 Å². The van der Waals surface area contributed by atoms with Gasteiger partial charge in [0.05, 0.1) is 11.7 Å². The van der Waals surface area contributed by atoms with Crippen LogP contribution in [0.4, 0.5) is 13.2 Å². The van der Waals surface area contributed by atoms with E-state index in [0.717, 1.165) is 38.1 Å². The third-order valence-electron chi connectivity index (χ3n) is 3.65. The SMILES string of the molecule is N[C@H](CN1CCCC1)[C@H](O)c1ccc(C(F)(F)F)cc1. The number of hydrogen-bond donors (Lipinski definition) is 2. The molecule has 0 saturated carbocycles. The summed E-state index contributed by atoms with van der Waals surface area (Å²) in [5.41, 5.74) is 5.64. The van der Waals surface area contributed by atoms with Crippen molar-refractivity contribution in [1.29, 1.82) is 0 Å². The lowest BCUT2D eigenvalue weighted by atomic mass is 10.0. The van der Waals surface area contributed by atoms with Gasteiger partial charge in [-0.25, -0.2) is 0 Å². The number of halogens is 3. The molecule has 112 valence electrons. The Morgan fingerprint density at radius 2 is 1.70 bits per heavy atom. The summed E-state index contributed by atoms with van der Waals surface area (Å²) >= 11 is 0. The molecule has 3 N–H and O–H groups in total. The van der Waals surface area contributed by atoms with Crippen molar-refractivity contribution in [3.63, 3.8) is 0 Å². The van der Waals surface area contributed by atoms with Crippen LogP contribution in [0.2, 0.25) is 0 Å². The number of aliphatic hydroxyl groups is 1. The molecule has 1 aromatic carbocycles. The van der Waals surface area contributed by atoms with E-state index >= 15 is 0 Å². The number of nitrogens with zero attached hydrogens (tertiary/aromatic N) is 1. The van der Waals surface area contributed by atoms with E-state index in [0.29, 0.717) is 12.1 Å². The van der Waals surface area contributed by atoms with E-state index in [1.807, 2.05) is 0 Å². The largest absolute Gasteiger partial charge is 0.416 e. The van der Waals surface area contributed by atoms with E-state index in [9.17, 15) is 18.3 Å². The zero-order valence-electron chi connectivity index (χ0n) is 11.1. The molecule has 2 atom stereocenters. The molecule has 1 aliphatic heterocycles. The summed E-state index contributed by atoms with van der Waals surface area (Å²) in [6.07, 6.45) is -3.05. The fourth-order valence-corrected chi connectivity index (χ4v) is 2.48. The first-order valence-electron chi connectivity index (χ1n) is 6.71. The minimum Gasteiger partial charge on any atom is -0.387 e. The van der Waals surface area contributed by atoms with Gasteiger partial charge in [-0.3, -0.25) is 0 Å². The van der Waals surface area contributed by atoms with Crippen LogP contribution in [0.25, 0.3) is 0 Å². The van der Waals surface area contributed by atoms with Gasteiger partial charge >= 0.3 is 6.18 Å². The van der Waals surface area contributed by atoms with Crippen LogP contribution < -0.4 is 5.73 Å². The normalized spacial score (nSPS) is 20.1. The van der Waals surface area contributed by atoms with Gasteiger partial charge in [-0.15, -0.1) is 0 Å². The van der Waals surface area contributed by atoms with Gasteiger partial charge in [0.1, 0.15) is 0 Å². The van der Waals surface area contributed by atoms with Crippen molar-refractivity contribution in [1.82, 2.24) is 4.90 Å².